The van der Waals surface area contributed by atoms with E-state index >= 15 is 0 Å². The minimum absolute atomic E-state index is 0. The Morgan fingerprint density at radius 2 is 0.778 bits per heavy atom. The van der Waals surface area contributed by atoms with Gasteiger partial charge >= 0.3 is 11.9 Å². The molecule has 0 radical (unpaired) electrons. The number of hydrogen-bond donors (Lipinski definition) is 0. The fourth-order valence-electron chi connectivity index (χ4n) is 4.50. The first-order valence-corrected chi connectivity index (χ1v) is 14.6. The molecule has 0 saturated heterocycles. The molecule has 0 saturated carbocycles. The Balaban J connectivity index is 0. The molecule has 242 valence electrons. The minimum atomic E-state index is -2.51. The van der Waals surface area contributed by atoms with Crippen LogP contribution in [0.2, 0.25) is 0 Å². The van der Waals surface area contributed by atoms with E-state index in [9.17, 15) is 19.5 Å². The Labute approximate surface area is 301 Å². The van der Waals surface area contributed by atoms with Crippen LogP contribution in [-0.2, 0) is 90.1 Å². The average molecular weight is 765 g/mol. The molecule has 4 rings (SSSR count). The van der Waals surface area contributed by atoms with E-state index < -0.39 is 43.6 Å². The van der Waals surface area contributed by atoms with Crippen molar-refractivity contribution in [3.8, 4) is 0 Å². The van der Waals surface area contributed by atoms with Crippen molar-refractivity contribution in [1.82, 2.24) is 0 Å². The molecule has 0 aliphatic carbocycles. The van der Waals surface area contributed by atoms with Crippen molar-refractivity contribution in [3.63, 3.8) is 0 Å². The van der Waals surface area contributed by atoms with Gasteiger partial charge in [-0.25, -0.2) is 0 Å². The zero-order valence-electron chi connectivity index (χ0n) is 24.9. The first kappa shape index (κ1) is 44.5. The van der Waals surface area contributed by atoms with Crippen LogP contribution in [0.25, 0.3) is 0 Å². The van der Waals surface area contributed by atoms with Gasteiger partial charge in [0.1, 0.15) is 28.5 Å². The molecule has 0 unspecified atom stereocenters. The first-order valence-electron chi connectivity index (χ1n) is 12.9. The molecule has 45 heavy (non-hydrogen) atoms. The van der Waals surface area contributed by atoms with Gasteiger partial charge in [-0.3, -0.25) is 14.4 Å². The van der Waals surface area contributed by atoms with Gasteiger partial charge in [0.05, 0.1) is 21.3 Å². The molecule has 0 heterocycles. The van der Waals surface area contributed by atoms with Crippen LogP contribution in [0.5, 0.6) is 0 Å². The summed E-state index contributed by atoms with van der Waals surface area (Å²) in [5.41, 5.74) is -2.51. The largest absolute Gasteiger partial charge is 2.00 e. The third-order valence-corrected chi connectivity index (χ3v) is 10.7. The van der Waals surface area contributed by atoms with Gasteiger partial charge in [0.15, 0.2) is 0 Å². The van der Waals surface area contributed by atoms with Crippen molar-refractivity contribution in [2.45, 2.75) is 18.4 Å². The van der Waals surface area contributed by atoms with Crippen LogP contribution in [-0.4, -0.2) is 44.8 Å². The van der Waals surface area contributed by atoms with Crippen LogP contribution in [0.4, 0.5) is 0 Å². The van der Waals surface area contributed by atoms with E-state index in [1.807, 2.05) is 0 Å². The molecule has 12 heteroatoms. The number of ether oxygens (including phenoxy) is 3. The Morgan fingerprint density at radius 1 is 0.533 bits per heavy atom. The molecule has 0 bridgehead atoms. The smallest absolute Gasteiger partial charge is 0.305 e. The monoisotopic (exact) mass is 766 g/mol. The Hall–Kier alpha value is -2.58. The molecule has 0 aromatic heterocycles. The molecule has 0 atom stereocenters. The van der Waals surface area contributed by atoms with Crippen LogP contribution < -0.4 is 26.3 Å². The summed E-state index contributed by atoms with van der Waals surface area (Å²) in [5.74, 6) is -3.00. The van der Waals surface area contributed by atoms with E-state index in [1.54, 1.807) is 0 Å². The van der Waals surface area contributed by atoms with E-state index in [0.717, 1.165) is 21.3 Å². The normalized spacial score (nSPS) is 9.96. The molecule has 0 amide bonds. The van der Waals surface area contributed by atoms with Crippen LogP contribution >= 0.6 is 7.26 Å². The zero-order valence-corrected chi connectivity index (χ0v) is 30.3. The van der Waals surface area contributed by atoms with Crippen molar-refractivity contribution in [3.05, 3.63) is 121 Å². The number of methoxy groups -OCH3 is 3. The van der Waals surface area contributed by atoms with Gasteiger partial charge in [-0.15, -0.1) is 0 Å². The van der Waals surface area contributed by atoms with Gasteiger partial charge in [-0.05, 0) is 48.5 Å². The Morgan fingerprint density at radius 3 is 0.978 bits per heavy atom. The van der Waals surface area contributed by atoms with E-state index in [0.29, 0.717) is 0 Å². The SMILES string of the molecule is COC(=O)CC([O-])(CC(=O)OC)C(=O)OC.[Mo].[S-2].[S-2].[S-2].c1ccc([P+](c2ccccc2)(c2ccccc2)c2ccccc2)cc1. The summed E-state index contributed by atoms with van der Waals surface area (Å²) < 4.78 is 12.8. The van der Waals surface area contributed by atoms with Gasteiger partial charge in [0.25, 0.3) is 5.97 Å². The van der Waals surface area contributed by atoms with Gasteiger partial charge in [-0.1, -0.05) is 72.8 Å². The number of hydrogen-bond acceptors (Lipinski definition) is 7. The quantitative estimate of drug-likeness (QED) is 0.112. The maximum atomic E-state index is 11.9. The summed E-state index contributed by atoms with van der Waals surface area (Å²) in [4.78, 5) is 33.1. The summed E-state index contributed by atoms with van der Waals surface area (Å²) in [7, 11) is 1.22. The van der Waals surface area contributed by atoms with Crippen LogP contribution in [0.15, 0.2) is 121 Å². The third-order valence-electron chi connectivity index (χ3n) is 6.45. The standard InChI is InChI=1S/C24H20P.C9H13O7.Mo.3S/c1-5-13-21(14-6-1)25(22-15-7-2-8-16-22,23-17-9-3-10-18-23)24-19-11-4-12-20-24;1-14-6(10)4-9(13,8(12)16-3)5-7(11)15-2;;;;/h1-20H;4-5H2,1-3H3;;;;/q+1;-1;;3*-2. The van der Waals surface area contributed by atoms with Gasteiger partial charge < -0.3 is 59.8 Å². The number of carbonyl (C=O) groups excluding carboxylic acids is 3. The van der Waals surface area contributed by atoms with E-state index in [1.165, 1.54) is 21.2 Å². The van der Waals surface area contributed by atoms with Crippen LogP contribution in [0.3, 0.4) is 0 Å². The third kappa shape index (κ3) is 11.3. The van der Waals surface area contributed by atoms with E-state index in [4.69, 9.17) is 0 Å². The van der Waals surface area contributed by atoms with Crippen molar-refractivity contribution in [2.24, 2.45) is 0 Å². The fraction of sp³-hybridized carbons (Fsp3) is 0.182. The Kier molecular flexibility index (Phi) is 21.8. The van der Waals surface area contributed by atoms with E-state index in [2.05, 4.69) is 136 Å². The zero-order chi connectivity index (χ0) is 29.7. The molecular formula is C33H33MoO7PS3-6. The number of benzene rings is 4. The molecule has 0 aliphatic rings. The molecule has 0 fully saturated rings. The van der Waals surface area contributed by atoms with Gasteiger partial charge in [0, 0.05) is 39.5 Å². The summed E-state index contributed by atoms with van der Waals surface area (Å²) in [6.07, 6.45) is -1.57. The van der Waals surface area contributed by atoms with Gasteiger partial charge in [-0.2, -0.15) is 0 Å². The molecule has 7 nitrogen and oxygen atoms in total. The summed E-state index contributed by atoms with van der Waals surface area (Å²) in [6, 6.07) is 43.8. The topological polar surface area (TPSA) is 102 Å². The van der Waals surface area contributed by atoms with Crippen molar-refractivity contribution in [1.29, 1.82) is 0 Å². The summed E-state index contributed by atoms with van der Waals surface area (Å²) in [5, 5.41) is 17.4. The number of esters is 3. The maximum Gasteiger partial charge on any atom is 0.305 e. The number of carbonyl (C=O) groups is 3. The van der Waals surface area contributed by atoms with Crippen LogP contribution in [0.1, 0.15) is 12.8 Å². The predicted octanol–water partition coefficient (Wildman–Crippen LogP) is 2.68. The number of rotatable bonds is 9. The second-order valence-corrected chi connectivity index (χ2v) is 12.4. The van der Waals surface area contributed by atoms with Crippen molar-refractivity contribution >= 4 is 86.9 Å². The molecular weight excluding hydrogens is 731 g/mol. The molecule has 4 aromatic rings. The minimum Gasteiger partial charge on any atom is -2.00 e. The second kappa shape index (κ2) is 22.0. The fourth-order valence-corrected chi connectivity index (χ4v) is 8.77. The van der Waals surface area contributed by atoms with Crippen molar-refractivity contribution in [2.75, 3.05) is 21.3 Å². The Bertz CT molecular complexity index is 1240. The molecule has 0 spiro atoms. The average Bonchev–Trinajstić information content (AvgIpc) is 3.03. The van der Waals surface area contributed by atoms with Crippen LogP contribution in [0, 0.1) is 0 Å². The first-order chi connectivity index (χ1) is 19.8. The molecule has 0 aliphatic heterocycles. The second-order valence-electron chi connectivity index (χ2n) is 9.00. The predicted molar refractivity (Wildman–Crippen MR) is 181 cm³/mol. The van der Waals surface area contributed by atoms with Gasteiger partial charge in [0.2, 0.25) is 0 Å². The summed E-state index contributed by atoms with van der Waals surface area (Å²) >= 11 is 0. The molecule has 4 aromatic carbocycles. The summed E-state index contributed by atoms with van der Waals surface area (Å²) in [6.45, 7) is 0. The molecule has 0 N–H and O–H groups in total. The van der Waals surface area contributed by atoms with E-state index in [-0.39, 0.29) is 61.6 Å². The maximum absolute atomic E-state index is 11.9. The van der Waals surface area contributed by atoms with Crippen molar-refractivity contribution < 1.29 is 54.8 Å².